The molecule has 4 rings (SSSR count). The molecule has 1 N–H and O–H groups in total. The molecule has 3 aromatic rings. The summed E-state index contributed by atoms with van der Waals surface area (Å²) in [6.07, 6.45) is 1.71. The average molecular weight is 392 g/mol. The van der Waals surface area contributed by atoms with Crippen LogP contribution in [0, 0.1) is 5.92 Å². The van der Waals surface area contributed by atoms with E-state index in [1.807, 2.05) is 59.5 Å². The lowest BCUT2D eigenvalue weighted by atomic mass is 9.96. The van der Waals surface area contributed by atoms with E-state index in [4.69, 9.17) is 9.15 Å². The molecule has 0 aliphatic carbocycles. The van der Waals surface area contributed by atoms with Crippen LogP contribution in [0.3, 0.4) is 0 Å². The fraction of sp³-hybridized carbons (Fsp3) is 0.304. The second-order valence-corrected chi connectivity index (χ2v) is 7.29. The molecule has 2 heterocycles. The summed E-state index contributed by atoms with van der Waals surface area (Å²) in [5.41, 5.74) is 0.728. The monoisotopic (exact) mass is 392 g/mol. The molecule has 1 fully saturated rings. The summed E-state index contributed by atoms with van der Waals surface area (Å²) in [5.74, 6) is 1.22. The number of ether oxygens (including phenoxy) is 1. The molecule has 2 aromatic carbocycles. The highest BCUT2D eigenvalue weighted by Gasteiger charge is 2.26. The van der Waals surface area contributed by atoms with Gasteiger partial charge in [0.05, 0.1) is 0 Å². The lowest BCUT2D eigenvalue weighted by Gasteiger charge is -2.31. The first-order valence-electron chi connectivity index (χ1n) is 9.91. The van der Waals surface area contributed by atoms with Gasteiger partial charge in [-0.15, -0.1) is 0 Å². The maximum absolute atomic E-state index is 12.7. The van der Waals surface area contributed by atoms with Crippen molar-refractivity contribution < 1.29 is 18.7 Å². The zero-order valence-corrected chi connectivity index (χ0v) is 16.2. The van der Waals surface area contributed by atoms with Crippen LogP contribution in [-0.2, 0) is 4.79 Å². The van der Waals surface area contributed by atoms with Crippen LogP contribution in [0.2, 0.25) is 0 Å². The Kier molecular flexibility index (Phi) is 5.79. The van der Waals surface area contributed by atoms with E-state index in [0.717, 1.165) is 23.8 Å². The summed E-state index contributed by atoms with van der Waals surface area (Å²) in [5, 5.41) is 3.87. The van der Waals surface area contributed by atoms with E-state index in [1.165, 1.54) is 0 Å². The maximum atomic E-state index is 12.7. The SMILES string of the molecule is O=C(COc1ccccc1)NCC1CCN(C(=O)c2cc3ccccc3o2)CC1. The van der Waals surface area contributed by atoms with Gasteiger partial charge in [0.2, 0.25) is 0 Å². The number of para-hydroxylation sites is 2. The summed E-state index contributed by atoms with van der Waals surface area (Å²) in [6, 6.07) is 18.7. The summed E-state index contributed by atoms with van der Waals surface area (Å²) in [6.45, 7) is 1.94. The number of nitrogens with zero attached hydrogens (tertiary/aromatic N) is 1. The molecule has 0 spiro atoms. The van der Waals surface area contributed by atoms with Gasteiger partial charge in [-0.2, -0.15) is 0 Å². The minimum Gasteiger partial charge on any atom is -0.484 e. The molecule has 0 unspecified atom stereocenters. The third-order valence-electron chi connectivity index (χ3n) is 5.24. The number of nitrogens with one attached hydrogen (secondary N) is 1. The normalized spacial score (nSPS) is 14.7. The van der Waals surface area contributed by atoms with E-state index < -0.39 is 0 Å². The van der Waals surface area contributed by atoms with Gasteiger partial charge in [-0.3, -0.25) is 9.59 Å². The number of rotatable bonds is 6. The number of carbonyl (C=O) groups is 2. The van der Waals surface area contributed by atoms with Gasteiger partial charge in [0.1, 0.15) is 11.3 Å². The highest BCUT2D eigenvalue weighted by Crippen LogP contribution is 2.23. The van der Waals surface area contributed by atoms with E-state index >= 15 is 0 Å². The number of hydrogen-bond donors (Lipinski definition) is 1. The minimum atomic E-state index is -0.130. The van der Waals surface area contributed by atoms with Crippen LogP contribution in [0.1, 0.15) is 23.4 Å². The Bertz CT molecular complexity index is 942. The lowest BCUT2D eigenvalue weighted by Crippen LogP contribution is -2.42. The summed E-state index contributed by atoms with van der Waals surface area (Å²) >= 11 is 0. The molecular weight excluding hydrogens is 368 g/mol. The van der Waals surface area contributed by atoms with Crippen LogP contribution in [0.25, 0.3) is 11.0 Å². The highest BCUT2D eigenvalue weighted by atomic mass is 16.5. The van der Waals surface area contributed by atoms with Gasteiger partial charge in [0, 0.05) is 25.0 Å². The second-order valence-electron chi connectivity index (χ2n) is 7.29. The average Bonchev–Trinajstić information content (AvgIpc) is 3.21. The number of benzene rings is 2. The molecule has 150 valence electrons. The van der Waals surface area contributed by atoms with Crippen molar-refractivity contribution in [1.82, 2.24) is 10.2 Å². The van der Waals surface area contributed by atoms with Crippen molar-refractivity contribution in [2.24, 2.45) is 5.92 Å². The van der Waals surface area contributed by atoms with Crippen molar-refractivity contribution in [3.8, 4) is 5.75 Å². The molecule has 0 bridgehead atoms. The van der Waals surface area contributed by atoms with Crippen molar-refractivity contribution in [1.29, 1.82) is 0 Å². The Morgan fingerprint density at radius 1 is 1.03 bits per heavy atom. The zero-order chi connectivity index (χ0) is 20.1. The smallest absolute Gasteiger partial charge is 0.289 e. The van der Waals surface area contributed by atoms with Crippen molar-refractivity contribution in [2.75, 3.05) is 26.2 Å². The largest absolute Gasteiger partial charge is 0.484 e. The number of hydrogen-bond acceptors (Lipinski definition) is 4. The van der Waals surface area contributed by atoms with Gasteiger partial charge >= 0.3 is 0 Å². The summed E-state index contributed by atoms with van der Waals surface area (Å²) in [7, 11) is 0. The Balaban J connectivity index is 1.21. The molecule has 1 aromatic heterocycles. The van der Waals surface area contributed by atoms with E-state index in [-0.39, 0.29) is 18.4 Å². The molecule has 0 radical (unpaired) electrons. The molecule has 6 nitrogen and oxygen atoms in total. The first kappa shape index (κ1) is 19.1. The van der Waals surface area contributed by atoms with Gasteiger partial charge in [0.15, 0.2) is 12.4 Å². The Labute approximate surface area is 169 Å². The van der Waals surface area contributed by atoms with Gasteiger partial charge < -0.3 is 19.4 Å². The van der Waals surface area contributed by atoms with E-state index in [2.05, 4.69) is 5.32 Å². The molecule has 29 heavy (non-hydrogen) atoms. The van der Waals surface area contributed by atoms with E-state index in [0.29, 0.717) is 37.1 Å². The number of likely N-dealkylation sites (tertiary alicyclic amines) is 1. The van der Waals surface area contributed by atoms with Gasteiger partial charge in [0.25, 0.3) is 11.8 Å². The highest BCUT2D eigenvalue weighted by molar-refractivity contribution is 5.96. The Morgan fingerprint density at radius 2 is 1.76 bits per heavy atom. The fourth-order valence-electron chi connectivity index (χ4n) is 3.56. The molecular formula is C23H24N2O4. The molecule has 2 amide bonds. The summed E-state index contributed by atoms with van der Waals surface area (Å²) in [4.78, 5) is 26.5. The number of furan rings is 1. The van der Waals surface area contributed by atoms with Crippen LogP contribution in [0.15, 0.2) is 65.1 Å². The topological polar surface area (TPSA) is 71.8 Å². The van der Waals surface area contributed by atoms with Crippen LogP contribution < -0.4 is 10.1 Å². The minimum absolute atomic E-state index is 0.00734. The van der Waals surface area contributed by atoms with Crippen molar-refractivity contribution in [3.63, 3.8) is 0 Å². The predicted octanol–water partition coefficient (Wildman–Crippen LogP) is 3.48. The van der Waals surface area contributed by atoms with E-state index in [9.17, 15) is 9.59 Å². The maximum Gasteiger partial charge on any atom is 0.289 e. The quantitative estimate of drug-likeness (QED) is 0.697. The van der Waals surface area contributed by atoms with Crippen molar-refractivity contribution in [3.05, 3.63) is 66.4 Å². The first-order valence-corrected chi connectivity index (χ1v) is 9.91. The molecule has 6 heteroatoms. The van der Waals surface area contributed by atoms with Crippen LogP contribution in [0.4, 0.5) is 0 Å². The predicted molar refractivity (Wildman–Crippen MR) is 110 cm³/mol. The first-order chi connectivity index (χ1) is 14.2. The van der Waals surface area contributed by atoms with Gasteiger partial charge in [-0.05, 0) is 43.0 Å². The summed E-state index contributed by atoms with van der Waals surface area (Å²) < 4.78 is 11.1. The number of fused-ring (bicyclic) bond motifs is 1. The number of piperidine rings is 1. The van der Waals surface area contributed by atoms with Gasteiger partial charge in [-0.25, -0.2) is 0 Å². The van der Waals surface area contributed by atoms with Crippen LogP contribution in [-0.4, -0.2) is 43.0 Å². The van der Waals surface area contributed by atoms with Crippen LogP contribution >= 0.6 is 0 Å². The number of amides is 2. The second kappa shape index (κ2) is 8.82. The fourth-order valence-corrected chi connectivity index (χ4v) is 3.56. The Hall–Kier alpha value is -3.28. The van der Waals surface area contributed by atoms with E-state index in [1.54, 1.807) is 6.07 Å². The third-order valence-corrected chi connectivity index (χ3v) is 5.24. The molecule has 0 atom stereocenters. The molecule has 0 saturated carbocycles. The molecule has 1 aliphatic heterocycles. The molecule has 1 aliphatic rings. The Morgan fingerprint density at radius 3 is 2.52 bits per heavy atom. The van der Waals surface area contributed by atoms with Crippen LogP contribution in [0.5, 0.6) is 5.75 Å². The zero-order valence-electron chi connectivity index (χ0n) is 16.2. The lowest BCUT2D eigenvalue weighted by molar-refractivity contribution is -0.123. The third kappa shape index (κ3) is 4.77. The van der Waals surface area contributed by atoms with Gasteiger partial charge in [-0.1, -0.05) is 36.4 Å². The van der Waals surface area contributed by atoms with Crippen molar-refractivity contribution >= 4 is 22.8 Å². The number of carbonyl (C=O) groups excluding carboxylic acids is 2. The molecule has 1 saturated heterocycles. The van der Waals surface area contributed by atoms with Crippen molar-refractivity contribution in [2.45, 2.75) is 12.8 Å². The standard InChI is InChI=1S/C23H24N2O4/c26-22(16-28-19-7-2-1-3-8-19)24-15-17-10-12-25(13-11-17)23(27)21-14-18-6-4-5-9-20(18)29-21/h1-9,14,17H,10-13,15-16H2,(H,24,26).